The lowest BCUT2D eigenvalue weighted by Gasteiger charge is -2.28. The van der Waals surface area contributed by atoms with E-state index in [9.17, 15) is 0 Å². The van der Waals surface area contributed by atoms with Crippen LogP contribution in [-0.4, -0.2) is 34.8 Å². The van der Waals surface area contributed by atoms with E-state index in [1.54, 1.807) is 0 Å². The highest BCUT2D eigenvalue weighted by Crippen LogP contribution is 2.18. The molecule has 15 heavy (non-hydrogen) atoms. The molecule has 0 aromatic carbocycles. The average Bonchev–Trinajstić information content (AvgIpc) is 2.16. The lowest BCUT2D eigenvalue weighted by molar-refractivity contribution is 0.0703. The van der Waals surface area contributed by atoms with Gasteiger partial charge in [0.2, 0.25) is 0 Å². The number of nitrogens with two attached hydrogens (primary N) is 2. The molecule has 0 radical (unpaired) electrons. The smallest absolute Gasteiger partial charge is 0.374 e. The third kappa shape index (κ3) is 6.24. The molecule has 0 saturated heterocycles. The van der Waals surface area contributed by atoms with Crippen LogP contribution >= 0.6 is 0 Å². The fraction of sp³-hybridized carbons (Fsp3) is 1.00. The van der Waals surface area contributed by atoms with Crippen molar-refractivity contribution in [3.8, 4) is 0 Å². The average molecular weight is 236 g/mol. The van der Waals surface area contributed by atoms with Gasteiger partial charge in [0.15, 0.2) is 0 Å². The summed E-state index contributed by atoms with van der Waals surface area (Å²) >= 11 is 0. The van der Waals surface area contributed by atoms with E-state index < -0.39 is 8.80 Å². The van der Waals surface area contributed by atoms with E-state index in [4.69, 9.17) is 24.7 Å². The first-order valence-electron chi connectivity index (χ1n) is 5.53. The minimum Gasteiger partial charge on any atom is -0.374 e. The summed E-state index contributed by atoms with van der Waals surface area (Å²) in [5.41, 5.74) is 11.0. The summed E-state index contributed by atoms with van der Waals surface area (Å²) in [4.78, 5) is 0. The molecule has 4 N–H and O–H groups in total. The Hall–Kier alpha value is 0.0169. The molecule has 0 heterocycles. The molecular weight excluding hydrogens is 212 g/mol. The van der Waals surface area contributed by atoms with Gasteiger partial charge in [0, 0.05) is 25.9 Å². The van der Waals surface area contributed by atoms with Crippen molar-refractivity contribution in [1.82, 2.24) is 0 Å². The Bertz CT molecular complexity index is 141. The minimum atomic E-state index is -2.52. The summed E-state index contributed by atoms with van der Waals surface area (Å²) in [6.45, 7) is 7.57. The van der Waals surface area contributed by atoms with Gasteiger partial charge in [-0.15, -0.1) is 0 Å². The molecule has 0 aromatic rings. The maximum atomic E-state index is 5.64. The summed E-state index contributed by atoms with van der Waals surface area (Å²) in [5, 5.41) is 0. The van der Waals surface area contributed by atoms with Gasteiger partial charge in [0.25, 0.3) is 0 Å². The molecule has 5 nitrogen and oxygen atoms in total. The largest absolute Gasteiger partial charge is 0.501 e. The predicted octanol–water partition coefficient (Wildman–Crippen LogP) is 0.668. The molecule has 0 fully saturated rings. The molecule has 0 amide bonds. The molecule has 0 aliphatic carbocycles. The zero-order chi connectivity index (χ0) is 11.7. The van der Waals surface area contributed by atoms with Gasteiger partial charge < -0.3 is 24.7 Å². The van der Waals surface area contributed by atoms with Crippen LogP contribution in [0.1, 0.15) is 27.2 Å². The fourth-order valence-electron chi connectivity index (χ4n) is 1.34. The highest BCUT2D eigenvalue weighted by atomic mass is 28.4. The van der Waals surface area contributed by atoms with Crippen LogP contribution in [0.2, 0.25) is 6.04 Å². The first-order valence-corrected chi connectivity index (χ1v) is 7.46. The molecule has 6 heteroatoms. The molecule has 0 aromatic heterocycles. The molecule has 0 aliphatic heterocycles. The molecule has 0 bridgehead atoms. The van der Waals surface area contributed by atoms with Crippen molar-refractivity contribution in [2.24, 2.45) is 11.5 Å². The van der Waals surface area contributed by atoms with Gasteiger partial charge in [-0.1, -0.05) is 0 Å². The zero-order valence-corrected chi connectivity index (χ0v) is 11.0. The van der Waals surface area contributed by atoms with E-state index in [-0.39, 0.29) is 6.17 Å². The predicted molar refractivity (Wildman–Crippen MR) is 62.2 cm³/mol. The van der Waals surface area contributed by atoms with Gasteiger partial charge in [0.1, 0.15) is 0 Å². The summed E-state index contributed by atoms with van der Waals surface area (Å²) in [6, 6.07) is 0.681. The molecule has 0 aliphatic rings. The lowest BCUT2D eigenvalue weighted by Crippen LogP contribution is -2.47. The number of rotatable bonds is 9. The Balaban J connectivity index is 4.31. The third-order valence-electron chi connectivity index (χ3n) is 1.88. The first-order chi connectivity index (χ1) is 7.10. The lowest BCUT2D eigenvalue weighted by atomic mass is 10.4. The van der Waals surface area contributed by atoms with Crippen LogP contribution in [0.4, 0.5) is 0 Å². The molecule has 0 saturated carbocycles. The fourth-order valence-corrected chi connectivity index (χ4v) is 4.03. The van der Waals surface area contributed by atoms with Crippen molar-refractivity contribution in [2.75, 3.05) is 19.8 Å². The van der Waals surface area contributed by atoms with Crippen molar-refractivity contribution in [1.29, 1.82) is 0 Å². The van der Waals surface area contributed by atoms with Crippen LogP contribution in [0.5, 0.6) is 0 Å². The van der Waals surface area contributed by atoms with E-state index >= 15 is 0 Å². The van der Waals surface area contributed by atoms with Crippen molar-refractivity contribution >= 4 is 8.80 Å². The van der Waals surface area contributed by atoms with Gasteiger partial charge in [-0.05, 0) is 27.2 Å². The number of hydrogen-bond acceptors (Lipinski definition) is 5. The molecule has 0 spiro atoms. The standard InChI is InChI=1S/C9H24N2O3Si/c1-4-12-15(13-5-2,14-6-3)8-7-9(10)11/h9H,4-8,10-11H2,1-3H3. The van der Waals surface area contributed by atoms with Crippen LogP contribution < -0.4 is 11.5 Å². The SMILES string of the molecule is CCO[Si](CCC(N)N)(OCC)OCC. The molecule has 92 valence electrons. The Kier molecular flexibility index (Phi) is 8.21. The van der Waals surface area contributed by atoms with Crippen LogP contribution in [0.25, 0.3) is 0 Å². The first kappa shape index (κ1) is 15.0. The molecule has 0 rings (SSSR count). The van der Waals surface area contributed by atoms with Crippen LogP contribution in [0.15, 0.2) is 0 Å². The second-order valence-corrected chi connectivity index (χ2v) is 5.92. The van der Waals surface area contributed by atoms with E-state index in [1.165, 1.54) is 0 Å². The summed E-state index contributed by atoms with van der Waals surface area (Å²) in [6.07, 6.45) is 0.324. The van der Waals surface area contributed by atoms with Gasteiger partial charge in [-0.25, -0.2) is 0 Å². The second-order valence-electron chi connectivity index (χ2n) is 3.18. The Morgan fingerprint density at radius 1 is 0.933 bits per heavy atom. The normalized spacial score (nSPS) is 12.4. The van der Waals surface area contributed by atoms with Gasteiger partial charge >= 0.3 is 8.80 Å². The van der Waals surface area contributed by atoms with E-state index in [0.717, 1.165) is 0 Å². The summed E-state index contributed by atoms with van der Waals surface area (Å²) in [5.74, 6) is 0. The highest BCUT2D eigenvalue weighted by molar-refractivity contribution is 6.60. The van der Waals surface area contributed by atoms with Gasteiger partial charge in [0.05, 0.1) is 6.17 Å². The highest BCUT2D eigenvalue weighted by Gasteiger charge is 2.39. The Morgan fingerprint density at radius 3 is 1.60 bits per heavy atom. The minimum absolute atomic E-state index is 0.335. The van der Waals surface area contributed by atoms with E-state index in [2.05, 4.69) is 0 Å². The number of hydrogen-bond donors (Lipinski definition) is 2. The maximum absolute atomic E-state index is 5.64. The van der Waals surface area contributed by atoms with Crippen molar-refractivity contribution < 1.29 is 13.3 Å². The van der Waals surface area contributed by atoms with E-state index in [1.807, 2.05) is 20.8 Å². The summed E-state index contributed by atoms with van der Waals surface area (Å²) < 4.78 is 16.9. The van der Waals surface area contributed by atoms with Gasteiger partial charge in [-0.2, -0.15) is 0 Å². The van der Waals surface area contributed by atoms with E-state index in [0.29, 0.717) is 32.3 Å². The molecule has 0 unspecified atom stereocenters. The topological polar surface area (TPSA) is 79.7 Å². The van der Waals surface area contributed by atoms with Crippen LogP contribution in [0.3, 0.4) is 0 Å². The third-order valence-corrected chi connectivity index (χ3v) is 4.96. The van der Waals surface area contributed by atoms with Crippen molar-refractivity contribution in [3.05, 3.63) is 0 Å². The Morgan fingerprint density at radius 2 is 1.33 bits per heavy atom. The summed E-state index contributed by atoms with van der Waals surface area (Å²) in [7, 11) is -2.52. The second kappa shape index (κ2) is 8.20. The monoisotopic (exact) mass is 236 g/mol. The van der Waals surface area contributed by atoms with Crippen LogP contribution in [-0.2, 0) is 13.3 Å². The Labute approximate surface area is 93.4 Å². The van der Waals surface area contributed by atoms with Crippen molar-refractivity contribution in [2.45, 2.75) is 39.4 Å². The van der Waals surface area contributed by atoms with Crippen molar-refractivity contribution in [3.63, 3.8) is 0 Å². The zero-order valence-electron chi connectivity index (χ0n) is 9.99. The maximum Gasteiger partial charge on any atom is 0.501 e. The molecular formula is C9H24N2O3Si. The molecule has 0 atom stereocenters. The van der Waals surface area contributed by atoms with Gasteiger partial charge in [-0.3, -0.25) is 0 Å². The quantitative estimate of drug-likeness (QED) is 0.454. The van der Waals surface area contributed by atoms with Crippen LogP contribution in [0, 0.1) is 0 Å².